The molecule has 0 aliphatic heterocycles. The summed E-state index contributed by atoms with van der Waals surface area (Å²) in [5.74, 6) is -0.376. The third kappa shape index (κ3) is 4.74. The molecule has 0 aliphatic carbocycles. The van der Waals surface area contributed by atoms with Gasteiger partial charge in [0.05, 0.1) is 0 Å². The van der Waals surface area contributed by atoms with E-state index in [-0.39, 0.29) is 12.6 Å². The monoisotopic (exact) mass is 243 g/mol. The van der Waals surface area contributed by atoms with Gasteiger partial charge in [-0.15, -0.1) is 11.3 Å². The van der Waals surface area contributed by atoms with Gasteiger partial charge in [-0.1, -0.05) is 19.9 Å². The van der Waals surface area contributed by atoms with Crippen LogP contribution < -0.4 is 5.32 Å². The molecule has 0 amide bonds. The van der Waals surface area contributed by atoms with Crippen molar-refractivity contribution >= 4 is 17.3 Å². The first-order chi connectivity index (χ1) is 7.59. The predicted octanol–water partition coefficient (Wildman–Crippen LogP) is 1.26. The van der Waals surface area contributed by atoms with Gasteiger partial charge in [0.1, 0.15) is 17.6 Å². The molecule has 4 nitrogen and oxygen atoms in total. The molecule has 1 rings (SSSR count). The molecule has 0 radical (unpaired) electrons. The van der Waals surface area contributed by atoms with E-state index in [1.807, 2.05) is 19.2 Å². The highest BCUT2D eigenvalue weighted by molar-refractivity contribution is 7.11. The van der Waals surface area contributed by atoms with Gasteiger partial charge < -0.3 is 15.2 Å². The summed E-state index contributed by atoms with van der Waals surface area (Å²) < 4.78 is 4.96. The zero-order chi connectivity index (χ0) is 12.0. The third-order valence-corrected chi connectivity index (χ3v) is 2.74. The molecule has 0 aromatic carbocycles. The SMILES string of the molecule is CC(C)NC[C@@H](O)COC(=O)c1cccs1. The second-order valence-electron chi connectivity index (χ2n) is 3.79. The summed E-state index contributed by atoms with van der Waals surface area (Å²) in [7, 11) is 0. The van der Waals surface area contributed by atoms with Gasteiger partial charge in [-0.2, -0.15) is 0 Å². The molecule has 0 unspecified atom stereocenters. The van der Waals surface area contributed by atoms with Crippen LogP contribution in [0.4, 0.5) is 0 Å². The average molecular weight is 243 g/mol. The van der Waals surface area contributed by atoms with Crippen LogP contribution >= 0.6 is 11.3 Å². The van der Waals surface area contributed by atoms with E-state index in [1.165, 1.54) is 11.3 Å². The molecule has 1 aromatic rings. The second-order valence-corrected chi connectivity index (χ2v) is 4.74. The Balaban J connectivity index is 2.21. The Bertz CT molecular complexity index is 311. The minimum Gasteiger partial charge on any atom is -0.459 e. The van der Waals surface area contributed by atoms with E-state index in [2.05, 4.69) is 5.32 Å². The van der Waals surface area contributed by atoms with Crippen LogP contribution in [0.2, 0.25) is 0 Å². The summed E-state index contributed by atoms with van der Waals surface area (Å²) in [6.45, 7) is 4.43. The maximum Gasteiger partial charge on any atom is 0.348 e. The first-order valence-corrected chi connectivity index (χ1v) is 6.09. The number of carbonyl (C=O) groups excluding carboxylic acids is 1. The van der Waals surface area contributed by atoms with E-state index in [0.29, 0.717) is 17.5 Å². The topological polar surface area (TPSA) is 58.6 Å². The molecule has 2 N–H and O–H groups in total. The summed E-state index contributed by atoms with van der Waals surface area (Å²) in [6.07, 6.45) is -0.661. The maximum absolute atomic E-state index is 11.4. The fourth-order valence-electron chi connectivity index (χ4n) is 1.07. The van der Waals surface area contributed by atoms with Crippen molar-refractivity contribution in [3.8, 4) is 0 Å². The highest BCUT2D eigenvalue weighted by Crippen LogP contribution is 2.09. The van der Waals surface area contributed by atoms with Crippen molar-refractivity contribution in [2.24, 2.45) is 0 Å². The molecule has 0 saturated carbocycles. The van der Waals surface area contributed by atoms with Gasteiger partial charge in [0.25, 0.3) is 0 Å². The number of hydrogen-bond donors (Lipinski definition) is 2. The summed E-state index contributed by atoms with van der Waals surface area (Å²) in [5.41, 5.74) is 0. The Morgan fingerprint density at radius 2 is 2.38 bits per heavy atom. The molecule has 1 atom stereocenters. The van der Waals surface area contributed by atoms with Crippen LogP contribution in [0.3, 0.4) is 0 Å². The third-order valence-electron chi connectivity index (χ3n) is 1.89. The Morgan fingerprint density at radius 3 is 2.94 bits per heavy atom. The fraction of sp³-hybridized carbons (Fsp3) is 0.545. The van der Waals surface area contributed by atoms with Gasteiger partial charge in [-0.3, -0.25) is 0 Å². The lowest BCUT2D eigenvalue weighted by Crippen LogP contribution is -2.34. The molecular weight excluding hydrogens is 226 g/mol. The first kappa shape index (κ1) is 13.2. The highest BCUT2D eigenvalue weighted by atomic mass is 32.1. The Kier molecular flexibility index (Phi) is 5.45. The van der Waals surface area contributed by atoms with Crippen molar-refractivity contribution in [2.45, 2.75) is 26.0 Å². The van der Waals surface area contributed by atoms with Gasteiger partial charge in [0, 0.05) is 12.6 Å². The van der Waals surface area contributed by atoms with E-state index < -0.39 is 6.10 Å². The van der Waals surface area contributed by atoms with Crippen molar-refractivity contribution in [2.75, 3.05) is 13.2 Å². The molecule has 0 saturated heterocycles. The summed E-state index contributed by atoms with van der Waals surface area (Å²) >= 11 is 1.33. The number of thiophene rings is 1. The molecule has 0 aliphatic rings. The molecule has 0 spiro atoms. The van der Waals surface area contributed by atoms with Crippen molar-refractivity contribution in [1.29, 1.82) is 0 Å². The Labute approximate surface area is 99.2 Å². The highest BCUT2D eigenvalue weighted by Gasteiger charge is 2.11. The number of aliphatic hydroxyl groups is 1. The predicted molar refractivity (Wildman–Crippen MR) is 63.7 cm³/mol. The normalized spacial score (nSPS) is 12.8. The molecule has 5 heteroatoms. The van der Waals surface area contributed by atoms with Crippen LogP contribution in [0.25, 0.3) is 0 Å². The molecule has 16 heavy (non-hydrogen) atoms. The van der Waals surface area contributed by atoms with Crippen molar-refractivity contribution in [1.82, 2.24) is 5.32 Å². The van der Waals surface area contributed by atoms with Crippen LogP contribution in [0.1, 0.15) is 23.5 Å². The van der Waals surface area contributed by atoms with Crippen molar-refractivity contribution in [3.05, 3.63) is 22.4 Å². The van der Waals surface area contributed by atoms with Gasteiger partial charge in [0.15, 0.2) is 0 Å². The lowest BCUT2D eigenvalue weighted by Gasteiger charge is -2.13. The van der Waals surface area contributed by atoms with Gasteiger partial charge >= 0.3 is 5.97 Å². The van der Waals surface area contributed by atoms with Crippen LogP contribution in [-0.4, -0.2) is 36.4 Å². The van der Waals surface area contributed by atoms with Crippen LogP contribution in [0.5, 0.6) is 0 Å². The lowest BCUT2D eigenvalue weighted by atomic mass is 10.3. The lowest BCUT2D eigenvalue weighted by molar-refractivity contribution is 0.0261. The molecular formula is C11H17NO3S. The molecule has 1 heterocycles. The molecule has 1 aromatic heterocycles. The van der Waals surface area contributed by atoms with Gasteiger partial charge in [-0.05, 0) is 11.4 Å². The fourth-order valence-corrected chi connectivity index (χ4v) is 1.68. The second kappa shape index (κ2) is 6.62. The van der Waals surface area contributed by atoms with Crippen molar-refractivity contribution < 1.29 is 14.6 Å². The number of carbonyl (C=O) groups is 1. The number of ether oxygens (including phenoxy) is 1. The van der Waals surface area contributed by atoms with Crippen LogP contribution in [0.15, 0.2) is 17.5 Å². The standard InChI is InChI=1S/C11H17NO3S/c1-8(2)12-6-9(13)7-15-11(14)10-4-3-5-16-10/h3-5,8-9,12-13H,6-7H2,1-2H3/t9-/m1/s1. The summed E-state index contributed by atoms with van der Waals surface area (Å²) in [5, 5.41) is 14.4. The van der Waals surface area contributed by atoms with E-state index in [4.69, 9.17) is 4.74 Å². The number of aliphatic hydroxyl groups excluding tert-OH is 1. The molecule has 90 valence electrons. The molecule has 0 bridgehead atoms. The van der Waals surface area contributed by atoms with Crippen LogP contribution in [0, 0.1) is 0 Å². The zero-order valence-electron chi connectivity index (χ0n) is 9.47. The van der Waals surface area contributed by atoms with Crippen LogP contribution in [-0.2, 0) is 4.74 Å². The summed E-state index contributed by atoms with van der Waals surface area (Å²) in [6, 6.07) is 3.80. The number of hydrogen-bond acceptors (Lipinski definition) is 5. The average Bonchev–Trinajstić information content (AvgIpc) is 2.76. The number of nitrogens with one attached hydrogen (secondary N) is 1. The van der Waals surface area contributed by atoms with E-state index in [1.54, 1.807) is 12.1 Å². The van der Waals surface area contributed by atoms with E-state index in [9.17, 15) is 9.90 Å². The van der Waals surface area contributed by atoms with E-state index in [0.717, 1.165) is 0 Å². The van der Waals surface area contributed by atoms with E-state index >= 15 is 0 Å². The largest absolute Gasteiger partial charge is 0.459 e. The zero-order valence-corrected chi connectivity index (χ0v) is 10.3. The number of rotatable bonds is 6. The van der Waals surface area contributed by atoms with Crippen molar-refractivity contribution in [3.63, 3.8) is 0 Å². The maximum atomic E-state index is 11.4. The quantitative estimate of drug-likeness (QED) is 0.739. The first-order valence-electron chi connectivity index (χ1n) is 5.21. The molecule has 0 fully saturated rings. The van der Waals surface area contributed by atoms with Gasteiger partial charge in [0.2, 0.25) is 0 Å². The van der Waals surface area contributed by atoms with Gasteiger partial charge in [-0.25, -0.2) is 4.79 Å². The minimum atomic E-state index is -0.661. The summed E-state index contributed by atoms with van der Waals surface area (Å²) in [4.78, 5) is 12.0. The number of esters is 1. The Hall–Kier alpha value is -0.910. The smallest absolute Gasteiger partial charge is 0.348 e. The minimum absolute atomic E-state index is 0.0243. The Morgan fingerprint density at radius 1 is 1.62 bits per heavy atom.